The van der Waals surface area contributed by atoms with E-state index in [1.165, 1.54) is 12.1 Å². The van der Waals surface area contributed by atoms with Crippen molar-refractivity contribution in [3.63, 3.8) is 0 Å². The number of rotatable bonds is 8. The van der Waals surface area contributed by atoms with Crippen LogP contribution in [0, 0.1) is 0 Å². The Labute approximate surface area is 179 Å². The van der Waals surface area contributed by atoms with Gasteiger partial charge in [0.1, 0.15) is 12.4 Å². The maximum atomic E-state index is 12.4. The lowest BCUT2D eigenvalue weighted by molar-refractivity contribution is -0.255. The Balaban J connectivity index is 1.41. The fraction of sp³-hybridized carbons (Fsp3) is 0.120. The number of hydrogen-bond acceptors (Lipinski definition) is 4. The molecule has 0 fully saturated rings. The van der Waals surface area contributed by atoms with Gasteiger partial charge in [0.05, 0.1) is 5.97 Å². The van der Waals surface area contributed by atoms with Crippen LogP contribution in [-0.4, -0.2) is 23.4 Å². The monoisotopic (exact) mass is 413 g/mol. The third-order valence-corrected chi connectivity index (χ3v) is 5.06. The number of aromatic carboxylic acids is 1. The van der Waals surface area contributed by atoms with Crippen LogP contribution in [0.25, 0.3) is 10.9 Å². The highest BCUT2D eigenvalue weighted by Crippen LogP contribution is 2.24. The lowest BCUT2D eigenvalue weighted by atomic mass is 10.1. The second kappa shape index (κ2) is 9.17. The van der Waals surface area contributed by atoms with E-state index in [9.17, 15) is 14.7 Å². The molecule has 6 heteroatoms. The van der Waals surface area contributed by atoms with Crippen LogP contribution < -0.4 is 15.2 Å². The summed E-state index contributed by atoms with van der Waals surface area (Å²) in [4.78, 5) is 26.8. The summed E-state index contributed by atoms with van der Waals surface area (Å²) < 4.78 is 5.92. The largest absolute Gasteiger partial charge is 0.545 e. The van der Waals surface area contributed by atoms with Crippen molar-refractivity contribution in [2.75, 3.05) is 6.54 Å². The van der Waals surface area contributed by atoms with Crippen molar-refractivity contribution in [1.82, 2.24) is 10.3 Å². The van der Waals surface area contributed by atoms with Gasteiger partial charge in [0.15, 0.2) is 0 Å². The van der Waals surface area contributed by atoms with E-state index in [2.05, 4.69) is 10.3 Å². The van der Waals surface area contributed by atoms with Crippen molar-refractivity contribution in [1.29, 1.82) is 0 Å². The number of aromatic nitrogens is 1. The average molecular weight is 413 g/mol. The maximum absolute atomic E-state index is 12.4. The summed E-state index contributed by atoms with van der Waals surface area (Å²) in [6.45, 7) is 0.849. The molecule has 31 heavy (non-hydrogen) atoms. The number of amides is 1. The summed E-state index contributed by atoms with van der Waals surface area (Å²) in [6, 6.07) is 21.8. The lowest BCUT2D eigenvalue weighted by Gasteiger charge is -2.10. The van der Waals surface area contributed by atoms with Crippen LogP contribution in [0.4, 0.5) is 0 Å². The molecule has 6 nitrogen and oxygen atoms in total. The molecule has 0 atom stereocenters. The van der Waals surface area contributed by atoms with Gasteiger partial charge >= 0.3 is 0 Å². The van der Waals surface area contributed by atoms with Gasteiger partial charge in [-0.1, -0.05) is 48.5 Å². The first-order chi connectivity index (χ1) is 15.1. The molecule has 0 spiro atoms. The molecule has 1 heterocycles. The minimum Gasteiger partial charge on any atom is -0.545 e. The fourth-order valence-electron chi connectivity index (χ4n) is 3.46. The molecule has 2 N–H and O–H groups in total. The number of carbonyl (C=O) groups is 2. The Hall–Kier alpha value is -4.06. The van der Waals surface area contributed by atoms with Crippen LogP contribution in [0.3, 0.4) is 0 Å². The standard InChI is InChI=1S/C25H22N2O4/c28-24(20-8-4-5-9-21(20)25(29)30)26-13-12-18-15-27-23-11-10-19(14-22(18)23)31-16-17-6-2-1-3-7-17/h1-11,14-15,27H,12-13,16H2,(H,26,28)(H,29,30)/p-1. The molecule has 0 saturated carbocycles. The quantitative estimate of drug-likeness (QED) is 0.464. The topological polar surface area (TPSA) is 94.2 Å². The summed E-state index contributed by atoms with van der Waals surface area (Å²) in [6.07, 6.45) is 2.49. The van der Waals surface area contributed by atoms with Crippen LogP contribution in [0.15, 0.2) is 79.0 Å². The van der Waals surface area contributed by atoms with Crippen LogP contribution >= 0.6 is 0 Å². The summed E-state index contributed by atoms with van der Waals surface area (Å²) in [5.74, 6) is -1.04. The van der Waals surface area contributed by atoms with Crippen molar-refractivity contribution < 1.29 is 19.4 Å². The van der Waals surface area contributed by atoms with E-state index in [4.69, 9.17) is 4.74 Å². The predicted molar refractivity (Wildman–Crippen MR) is 116 cm³/mol. The molecule has 0 bridgehead atoms. The zero-order chi connectivity index (χ0) is 21.6. The normalized spacial score (nSPS) is 10.7. The minimum absolute atomic E-state index is 0.0954. The minimum atomic E-state index is -1.37. The highest BCUT2D eigenvalue weighted by Gasteiger charge is 2.12. The van der Waals surface area contributed by atoms with E-state index in [0.29, 0.717) is 19.6 Å². The SMILES string of the molecule is O=C([O-])c1ccccc1C(=O)NCCc1c[nH]c2ccc(OCc3ccccc3)cc12. The molecular weight excluding hydrogens is 392 g/mol. The second-order valence-electron chi connectivity index (χ2n) is 7.13. The molecule has 4 rings (SSSR count). The number of hydrogen-bond donors (Lipinski definition) is 2. The van der Waals surface area contributed by atoms with Gasteiger partial charge in [-0.05, 0) is 41.8 Å². The highest BCUT2D eigenvalue weighted by atomic mass is 16.5. The fourth-order valence-corrected chi connectivity index (χ4v) is 3.46. The summed E-state index contributed by atoms with van der Waals surface area (Å²) >= 11 is 0. The molecule has 0 aliphatic rings. The average Bonchev–Trinajstić information content (AvgIpc) is 3.20. The van der Waals surface area contributed by atoms with Crippen LogP contribution in [0.2, 0.25) is 0 Å². The first-order valence-electron chi connectivity index (χ1n) is 9.97. The van der Waals surface area contributed by atoms with Gasteiger partial charge < -0.3 is 24.9 Å². The van der Waals surface area contributed by atoms with E-state index in [0.717, 1.165) is 27.8 Å². The number of carbonyl (C=O) groups excluding carboxylic acids is 2. The number of ether oxygens (including phenoxy) is 1. The molecule has 0 aliphatic heterocycles. The number of fused-ring (bicyclic) bond motifs is 1. The first-order valence-corrected chi connectivity index (χ1v) is 9.97. The van der Waals surface area contributed by atoms with Crippen molar-refractivity contribution in [2.24, 2.45) is 0 Å². The van der Waals surface area contributed by atoms with Gasteiger partial charge in [-0.2, -0.15) is 0 Å². The van der Waals surface area contributed by atoms with Crippen molar-refractivity contribution >= 4 is 22.8 Å². The van der Waals surface area contributed by atoms with Gasteiger partial charge in [0.2, 0.25) is 0 Å². The Morgan fingerprint density at radius 2 is 1.68 bits per heavy atom. The third kappa shape index (κ3) is 4.75. The molecule has 0 unspecified atom stereocenters. The molecule has 4 aromatic rings. The van der Waals surface area contributed by atoms with Crippen molar-refractivity contribution in [3.8, 4) is 5.75 Å². The zero-order valence-electron chi connectivity index (χ0n) is 16.8. The van der Waals surface area contributed by atoms with Crippen LogP contribution in [0.1, 0.15) is 31.8 Å². The molecule has 0 aliphatic carbocycles. The summed E-state index contributed by atoms with van der Waals surface area (Å²) in [5.41, 5.74) is 3.09. The molecular formula is C25H21N2O4-. The number of carboxylic acid groups (broad SMARTS) is 1. The van der Waals surface area contributed by atoms with E-state index < -0.39 is 11.9 Å². The Morgan fingerprint density at radius 3 is 2.45 bits per heavy atom. The molecule has 0 saturated heterocycles. The number of nitrogens with one attached hydrogen (secondary N) is 2. The number of H-pyrrole nitrogens is 1. The third-order valence-electron chi connectivity index (χ3n) is 5.06. The molecule has 1 aromatic heterocycles. The molecule has 3 aromatic carbocycles. The van der Waals surface area contributed by atoms with Gasteiger partial charge in [-0.25, -0.2) is 0 Å². The van der Waals surface area contributed by atoms with Crippen LogP contribution in [-0.2, 0) is 13.0 Å². The lowest BCUT2D eigenvalue weighted by Crippen LogP contribution is -2.30. The van der Waals surface area contributed by atoms with Gasteiger partial charge in [0.25, 0.3) is 5.91 Å². The van der Waals surface area contributed by atoms with E-state index in [1.54, 1.807) is 12.1 Å². The smallest absolute Gasteiger partial charge is 0.251 e. The predicted octanol–water partition coefficient (Wildman–Crippen LogP) is 3.08. The van der Waals surface area contributed by atoms with E-state index in [-0.39, 0.29) is 11.1 Å². The maximum Gasteiger partial charge on any atom is 0.251 e. The van der Waals surface area contributed by atoms with Crippen molar-refractivity contribution in [2.45, 2.75) is 13.0 Å². The van der Waals surface area contributed by atoms with E-state index in [1.807, 2.05) is 54.7 Å². The number of aromatic amines is 1. The Morgan fingerprint density at radius 1 is 0.935 bits per heavy atom. The summed E-state index contributed by atoms with van der Waals surface area (Å²) in [7, 11) is 0. The zero-order valence-corrected chi connectivity index (χ0v) is 16.8. The highest BCUT2D eigenvalue weighted by molar-refractivity contribution is 6.04. The van der Waals surface area contributed by atoms with E-state index >= 15 is 0 Å². The Kier molecular flexibility index (Phi) is 5.98. The second-order valence-corrected chi connectivity index (χ2v) is 7.13. The van der Waals surface area contributed by atoms with Gasteiger partial charge in [0, 0.05) is 34.8 Å². The molecule has 0 radical (unpaired) electrons. The molecule has 1 amide bonds. The number of carboxylic acids is 1. The molecule has 156 valence electrons. The van der Waals surface area contributed by atoms with Gasteiger partial charge in [-0.3, -0.25) is 4.79 Å². The summed E-state index contributed by atoms with van der Waals surface area (Å²) in [5, 5.41) is 15.0. The first kappa shape index (κ1) is 20.2. The van der Waals surface area contributed by atoms with Gasteiger partial charge in [-0.15, -0.1) is 0 Å². The van der Waals surface area contributed by atoms with Crippen molar-refractivity contribution in [3.05, 3.63) is 101 Å². The van der Waals surface area contributed by atoms with Crippen LogP contribution in [0.5, 0.6) is 5.75 Å². The Bertz CT molecular complexity index is 1210. The number of benzene rings is 3.